The first-order valence-electron chi connectivity index (χ1n) is 2.87. The van der Waals surface area contributed by atoms with Crippen LogP contribution in [0.1, 0.15) is 12.8 Å². The van der Waals surface area contributed by atoms with Gasteiger partial charge in [0.05, 0.1) is 5.54 Å². The van der Waals surface area contributed by atoms with Crippen molar-refractivity contribution < 1.29 is 4.79 Å². The Morgan fingerprint density at radius 2 is 2.25 bits per heavy atom. The van der Waals surface area contributed by atoms with E-state index < -0.39 is 0 Å². The molecule has 0 aromatic heterocycles. The molecule has 1 spiro atoms. The van der Waals surface area contributed by atoms with E-state index in [2.05, 4.69) is 10.6 Å². The molecule has 3 nitrogen and oxygen atoms in total. The average Bonchev–Trinajstić information content (AvgIpc) is 2.34. The van der Waals surface area contributed by atoms with Gasteiger partial charge in [0.1, 0.15) is 0 Å². The van der Waals surface area contributed by atoms with Crippen molar-refractivity contribution in [1.82, 2.24) is 10.6 Å². The van der Waals surface area contributed by atoms with Gasteiger partial charge in [-0.25, -0.2) is 4.79 Å². The van der Waals surface area contributed by atoms with Crippen molar-refractivity contribution in [2.75, 3.05) is 6.54 Å². The van der Waals surface area contributed by atoms with Crippen LogP contribution in [0.25, 0.3) is 0 Å². The van der Waals surface area contributed by atoms with Gasteiger partial charge in [-0.1, -0.05) is 0 Å². The van der Waals surface area contributed by atoms with Crippen molar-refractivity contribution in [3.63, 3.8) is 0 Å². The third-order valence-electron chi connectivity index (χ3n) is 1.82. The van der Waals surface area contributed by atoms with E-state index >= 15 is 0 Å². The van der Waals surface area contributed by atoms with Gasteiger partial charge in [0, 0.05) is 6.54 Å². The molecule has 0 aromatic carbocycles. The monoisotopic (exact) mass is 112 g/mol. The van der Waals surface area contributed by atoms with Crippen LogP contribution in [0.3, 0.4) is 0 Å². The van der Waals surface area contributed by atoms with Crippen LogP contribution >= 0.6 is 0 Å². The minimum atomic E-state index is 0.00231. The first-order chi connectivity index (χ1) is 3.81. The van der Waals surface area contributed by atoms with Gasteiger partial charge < -0.3 is 10.6 Å². The maximum atomic E-state index is 10.5. The molecule has 3 heteroatoms. The van der Waals surface area contributed by atoms with Crippen LogP contribution in [0.15, 0.2) is 0 Å². The van der Waals surface area contributed by atoms with Gasteiger partial charge in [-0.2, -0.15) is 0 Å². The van der Waals surface area contributed by atoms with E-state index in [0.29, 0.717) is 0 Å². The molecule has 0 unspecified atom stereocenters. The second-order valence-electron chi connectivity index (χ2n) is 2.59. The number of urea groups is 1. The molecule has 0 aromatic rings. The Labute approximate surface area is 47.4 Å². The predicted octanol–water partition coefficient (Wildman–Crippen LogP) is -0.168. The third kappa shape index (κ3) is 0.412. The molecule has 2 aliphatic rings. The molecule has 2 rings (SSSR count). The summed E-state index contributed by atoms with van der Waals surface area (Å²) in [6.07, 6.45) is 2.32. The second kappa shape index (κ2) is 0.989. The summed E-state index contributed by atoms with van der Waals surface area (Å²) in [6, 6.07) is 0.00231. The number of rotatable bonds is 0. The molecule has 1 aliphatic carbocycles. The maximum absolute atomic E-state index is 10.5. The SMILES string of the molecule is O=C1NCC2(CC2)N1. The van der Waals surface area contributed by atoms with E-state index in [1.54, 1.807) is 0 Å². The van der Waals surface area contributed by atoms with Gasteiger partial charge in [-0.15, -0.1) is 0 Å². The molecule has 1 heterocycles. The van der Waals surface area contributed by atoms with Gasteiger partial charge in [0.2, 0.25) is 0 Å². The highest BCUT2D eigenvalue weighted by Crippen LogP contribution is 2.36. The van der Waals surface area contributed by atoms with Gasteiger partial charge in [-0.05, 0) is 12.8 Å². The highest BCUT2D eigenvalue weighted by atomic mass is 16.2. The van der Waals surface area contributed by atoms with Gasteiger partial charge in [0.25, 0.3) is 0 Å². The van der Waals surface area contributed by atoms with Crippen LogP contribution in [0, 0.1) is 0 Å². The van der Waals surface area contributed by atoms with E-state index in [1.807, 2.05) is 0 Å². The second-order valence-corrected chi connectivity index (χ2v) is 2.59. The number of nitrogens with one attached hydrogen (secondary N) is 2. The topological polar surface area (TPSA) is 41.1 Å². The fourth-order valence-electron chi connectivity index (χ4n) is 1.03. The number of hydrogen-bond acceptors (Lipinski definition) is 1. The largest absolute Gasteiger partial charge is 0.336 e. The first-order valence-corrected chi connectivity index (χ1v) is 2.87. The van der Waals surface area contributed by atoms with Crippen LogP contribution in [0.4, 0.5) is 4.79 Å². The Balaban J connectivity index is 2.13. The highest BCUT2D eigenvalue weighted by molar-refractivity contribution is 5.78. The molecule has 2 N–H and O–H groups in total. The van der Waals surface area contributed by atoms with Crippen molar-refractivity contribution in [2.24, 2.45) is 0 Å². The summed E-state index contributed by atoms with van der Waals surface area (Å²) in [4.78, 5) is 10.5. The Hall–Kier alpha value is -0.730. The molecule has 2 amide bonds. The van der Waals surface area contributed by atoms with E-state index in [1.165, 1.54) is 0 Å². The highest BCUT2D eigenvalue weighted by Gasteiger charge is 2.47. The molecule has 0 bridgehead atoms. The van der Waals surface area contributed by atoms with Gasteiger partial charge in [0.15, 0.2) is 0 Å². The number of carbonyl (C=O) groups is 1. The third-order valence-corrected chi connectivity index (χ3v) is 1.82. The summed E-state index contributed by atoms with van der Waals surface area (Å²) in [7, 11) is 0. The lowest BCUT2D eigenvalue weighted by Crippen LogP contribution is -2.27. The zero-order valence-electron chi connectivity index (χ0n) is 4.53. The minimum Gasteiger partial charge on any atom is -0.336 e. The van der Waals surface area contributed by atoms with Crippen LogP contribution in [0.5, 0.6) is 0 Å². The van der Waals surface area contributed by atoms with Crippen LogP contribution in [-0.2, 0) is 0 Å². The summed E-state index contributed by atoms with van der Waals surface area (Å²) in [5.41, 5.74) is 0.205. The molecular formula is C5H8N2O. The first kappa shape index (κ1) is 4.18. The normalized spacial score (nSPS) is 29.8. The molecular weight excluding hydrogens is 104 g/mol. The van der Waals surface area contributed by atoms with E-state index in [0.717, 1.165) is 19.4 Å². The van der Waals surface area contributed by atoms with Crippen LogP contribution in [-0.4, -0.2) is 18.1 Å². The smallest absolute Gasteiger partial charge is 0.315 e. The van der Waals surface area contributed by atoms with Crippen molar-refractivity contribution in [1.29, 1.82) is 0 Å². The van der Waals surface area contributed by atoms with Gasteiger partial charge >= 0.3 is 6.03 Å². The van der Waals surface area contributed by atoms with Gasteiger partial charge in [-0.3, -0.25) is 0 Å². The van der Waals surface area contributed by atoms with E-state index in [4.69, 9.17) is 0 Å². The summed E-state index contributed by atoms with van der Waals surface area (Å²) >= 11 is 0. The van der Waals surface area contributed by atoms with Crippen molar-refractivity contribution in [3.05, 3.63) is 0 Å². The molecule has 8 heavy (non-hydrogen) atoms. The fraction of sp³-hybridized carbons (Fsp3) is 0.800. The lowest BCUT2D eigenvalue weighted by atomic mass is 10.3. The molecule has 44 valence electrons. The maximum Gasteiger partial charge on any atom is 0.315 e. The summed E-state index contributed by atoms with van der Waals surface area (Å²) in [5, 5.41) is 5.58. The van der Waals surface area contributed by atoms with Crippen LogP contribution < -0.4 is 10.6 Å². The fourth-order valence-corrected chi connectivity index (χ4v) is 1.03. The lowest BCUT2D eigenvalue weighted by molar-refractivity contribution is 0.247. The van der Waals surface area contributed by atoms with Crippen molar-refractivity contribution in [3.8, 4) is 0 Å². The number of carbonyl (C=O) groups excluding carboxylic acids is 1. The van der Waals surface area contributed by atoms with Crippen LogP contribution in [0.2, 0.25) is 0 Å². The van der Waals surface area contributed by atoms with E-state index in [-0.39, 0.29) is 11.6 Å². The summed E-state index contributed by atoms with van der Waals surface area (Å²) in [6.45, 7) is 0.839. The standard InChI is InChI=1S/C5H8N2O/c8-4-6-3-5(7-4)1-2-5/h1-3H2,(H2,6,7,8). The zero-order chi connectivity index (χ0) is 5.61. The molecule has 1 saturated heterocycles. The zero-order valence-corrected chi connectivity index (χ0v) is 4.53. The predicted molar refractivity (Wildman–Crippen MR) is 28.5 cm³/mol. The Kier molecular flexibility index (Phi) is 0.517. The molecule has 1 saturated carbocycles. The Bertz CT molecular complexity index is 139. The number of amides is 2. The summed E-state index contributed by atoms with van der Waals surface area (Å²) < 4.78 is 0. The molecule has 0 atom stereocenters. The quantitative estimate of drug-likeness (QED) is 0.449. The molecule has 2 fully saturated rings. The summed E-state index contributed by atoms with van der Waals surface area (Å²) in [5.74, 6) is 0. The molecule has 1 aliphatic heterocycles. The lowest BCUT2D eigenvalue weighted by Gasteiger charge is -1.98. The Morgan fingerprint density at radius 3 is 2.50 bits per heavy atom. The molecule has 0 radical (unpaired) electrons. The number of hydrogen-bond donors (Lipinski definition) is 2. The minimum absolute atomic E-state index is 0.00231. The van der Waals surface area contributed by atoms with Crippen molar-refractivity contribution >= 4 is 6.03 Å². The average molecular weight is 112 g/mol. The van der Waals surface area contributed by atoms with E-state index in [9.17, 15) is 4.79 Å². The van der Waals surface area contributed by atoms with Crippen molar-refractivity contribution in [2.45, 2.75) is 18.4 Å². The Morgan fingerprint density at radius 1 is 1.50 bits per heavy atom.